The molecule has 2 unspecified atom stereocenters. The van der Waals surface area contributed by atoms with Gasteiger partial charge in [0, 0.05) is 24.5 Å². The highest BCUT2D eigenvalue weighted by Gasteiger charge is 2.55. The van der Waals surface area contributed by atoms with E-state index in [2.05, 4.69) is 20.2 Å². The Bertz CT molecular complexity index is 498. The molecule has 4 rings (SSSR count). The van der Waals surface area contributed by atoms with E-state index in [1.165, 1.54) is 38.5 Å². The molecular formula is C15H20N4O. The minimum absolute atomic E-state index is 0.0699. The van der Waals surface area contributed by atoms with Gasteiger partial charge in [-0.3, -0.25) is 0 Å². The Morgan fingerprint density at radius 2 is 1.90 bits per heavy atom. The third kappa shape index (κ3) is 2.05. The van der Waals surface area contributed by atoms with E-state index in [-0.39, 0.29) is 6.03 Å². The minimum Gasteiger partial charge on any atom is -0.331 e. The number of nitrogens with one attached hydrogen (secondary N) is 1. The van der Waals surface area contributed by atoms with Gasteiger partial charge in [-0.15, -0.1) is 0 Å². The average molecular weight is 272 g/mol. The normalized spacial score (nSPS) is 29.5. The third-order valence-corrected chi connectivity index (χ3v) is 5.17. The molecule has 3 aliphatic rings. The monoisotopic (exact) mass is 272 g/mol. The molecule has 0 aromatic carbocycles. The van der Waals surface area contributed by atoms with Crippen molar-refractivity contribution in [3.63, 3.8) is 0 Å². The maximum Gasteiger partial charge on any atom is 0.318 e. The van der Waals surface area contributed by atoms with E-state index >= 15 is 0 Å². The Morgan fingerprint density at radius 1 is 1.25 bits per heavy atom. The molecular weight excluding hydrogens is 252 g/mol. The van der Waals surface area contributed by atoms with Gasteiger partial charge in [-0.25, -0.2) is 14.8 Å². The number of fused-ring (bicyclic) bond motifs is 2. The predicted octanol–water partition coefficient (Wildman–Crippen LogP) is 2.09. The zero-order valence-corrected chi connectivity index (χ0v) is 11.6. The maximum absolute atomic E-state index is 12.4. The minimum atomic E-state index is 0.0699. The Labute approximate surface area is 118 Å². The van der Waals surface area contributed by atoms with Gasteiger partial charge in [0.2, 0.25) is 0 Å². The number of hydrogen-bond donors (Lipinski definition) is 1. The lowest BCUT2D eigenvalue weighted by Crippen LogP contribution is -2.51. The first kappa shape index (κ1) is 12.1. The fourth-order valence-electron chi connectivity index (χ4n) is 4.03. The molecule has 5 heteroatoms. The summed E-state index contributed by atoms with van der Waals surface area (Å²) in [4.78, 5) is 22.8. The summed E-state index contributed by atoms with van der Waals surface area (Å²) in [5.74, 6) is 0.670. The molecule has 106 valence electrons. The van der Waals surface area contributed by atoms with Gasteiger partial charge in [0.15, 0.2) is 0 Å². The van der Waals surface area contributed by atoms with Crippen LogP contribution in [0.4, 0.5) is 4.79 Å². The second-order valence-electron chi connectivity index (χ2n) is 6.52. The summed E-state index contributed by atoms with van der Waals surface area (Å²) in [5.41, 5.74) is 0.616. The molecule has 1 saturated carbocycles. The number of piperidine rings is 1. The van der Waals surface area contributed by atoms with Crippen LogP contribution in [0.25, 0.3) is 0 Å². The molecule has 1 aliphatic carbocycles. The Kier molecular flexibility index (Phi) is 2.69. The smallest absolute Gasteiger partial charge is 0.318 e. The number of hydrogen-bond acceptors (Lipinski definition) is 3. The fourth-order valence-corrected chi connectivity index (χ4v) is 4.03. The van der Waals surface area contributed by atoms with Crippen molar-refractivity contribution in [1.82, 2.24) is 20.2 Å². The molecule has 2 amide bonds. The van der Waals surface area contributed by atoms with Crippen molar-refractivity contribution < 1.29 is 4.79 Å². The molecule has 5 nitrogen and oxygen atoms in total. The highest BCUT2D eigenvalue weighted by Crippen LogP contribution is 2.59. The lowest BCUT2D eigenvalue weighted by molar-refractivity contribution is 0.113. The van der Waals surface area contributed by atoms with Crippen LogP contribution in [-0.4, -0.2) is 33.0 Å². The Balaban J connectivity index is 1.39. The summed E-state index contributed by atoms with van der Waals surface area (Å²) in [6.07, 6.45) is 11.0. The summed E-state index contributed by atoms with van der Waals surface area (Å²) in [5, 5.41) is 2.98. The second kappa shape index (κ2) is 4.43. The lowest BCUT2D eigenvalue weighted by atomic mass is 9.88. The summed E-state index contributed by atoms with van der Waals surface area (Å²) in [6.45, 7) is 0.417. The number of aromatic nitrogens is 2. The largest absolute Gasteiger partial charge is 0.331 e. The van der Waals surface area contributed by atoms with Crippen molar-refractivity contribution in [2.75, 3.05) is 0 Å². The van der Waals surface area contributed by atoms with Gasteiger partial charge in [-0.1, -0.05) is 0 Å². The highest BCUT2D eigenvalue weighted by molar-refractivity contribution is 5.75. The number of carbonyl (C=O) groups excluding carboxylic acids is 1. The molecule has 20 heavy (non-hydrogen) atoms. The third-order valence-electron chi connectivity index (χ3n) is 5.17. The van der Waals surface area contributed by atoms with Crippen LogP contribution in [0.1, 0.15) is 44.3 Å². The molecule has 1 aromatic rings. The zero-order valence-electron chi connectivity index (χ0n) is 11.6. The Morgan fingerprint density at radius 3 is 2.50 bits per heavy atom. The molecule has 1 spiro atoms. The van der Waals surface area contributed by atoms with Crippen molar-refractivity contribution in [2.45, 2.75) is 57.2 Å². The van der Waals surface area contributed by atoms with E-state index in [1.807, 2.05) is 0 Å². The van der Waals surface area contributed by atoms with Crippen molar-refractivity contribution >= 4 is 6.03 Å². The first-order valence-corrected chi connectivity index (χ1v) is 7.58. The molecule has 0 radical (unpaired) electrons. The molecule has 3 heterocycles. The van der Waals surface area contributed by atoms with Gasteiger partial charge in [-0.2, -0.15) is 0 Å². The standard InChI is InChI=1S/C15H20N4O/c20-14(18-10-13-16-6-1-7-17-13)19-11-2-3-12(19)9-15(8-11)4-5-15/h1,6-7,11-12H,2-5,8-10H2,(H,18,20). The molecule has 2 bridgehead atoms. The van der Waals surface area contributed by atoms with Crippen LogP contribution in [0.3, 0.4) is 0 Å². The number of amides is 2. The van der Waals surface area contributed by atoms with Crippen molar-refractivity contribution in [3.8, 4) is 0 Å². The van der Waals surface area contributed by atoms with Gasteiger partial charge in [0.25, 0.3) is 0 Å². The maximum atomic E-state index is 12.4. The Hall–Kier alpha value is -1.65. The van der Waals surface area contributed by atoms with Crippen molar-refractivity contribution in [2.24, 2.45) is 5.41 Å². The van der Waals surface area contributed by atoms with Gasteiger partial charge in [0.1, 0.15) is 5.82 Å². The lowest BCUT2D eigenvalue weighted by Gasteiger charge is -2.39. The number of urea groups is 1. The number of carbonyl (C=O) groups is 1. The zero-order chi connectivity index (χ0) is 13.6. The topological polar surface area (TPSA) is 58.1 Å². The molecule has 2 saturated heterocycles. The van der Waals surface area contributed by atoms with Crippen molar-refractivity contribution in [3.05, 3.63) is 24.3 Å². The predicted molar refractivity (Wildman–Crippen MR) is 73.8 cm³/mol. The summed E-state index contributed by atoms with van der Waals surface area (Å²) in [6, 6.07) is 2.78. The molecule has 3 fully saturated rings. The van der Waals surface area contributed by atoms with Gasteiger partial charge in [-0.05, 0) is 50.0 Å². The van der Waals surface area contributed by atoms with Crippen LogP contribution < -0.4 is 5.32 Å². The van der Waals surface area contributed by atoms with Crippen LogP contribution >= 0.6 is 0 Å². The number of rotatable bonds is 2. The summed E-state index contributed by atoms with van der Waals surface area (Å²) < 4.78 is 0. The SMILES string of the molecule is O=C(NCc1ncccn1)N1C2CCC1CC1(CC1)C2. The van der Waals surface area contributed by atoms with E-state index < -0.39 is 0 Å². The molecule has 2 aliphatic heterocycles. The van der Waals surface area contributed by atoms with Gasteiger partial charge in [0.05, 0.1) is 6.54 Å². The highest BCUT2D eigenvalue weighted by atomic mass is 16.2. The van der Waals surface area contributed by atoms with Gasteiger partial charge < -0.3 is 10.2 Å². The van der Waals surface area contributed by atoms with E-state index in [9.17, 15) is 4.79 Å². The summed E-state index contributed by atoms with van der Waals surface area (Å²) in [7, 11) is 0. The van der Waals surface area contributed by atoms with Crippen molar-refractivity contribution in [1.29, 1.82) is 0 Å². The summed E-state index contributed by atoms with van der Waals surface area (Å²) >= 11 is 0. The average Bonchev–Trinajstić information content (AvgIpc) is 3.15. The first-order chi connectivity index (χ1) is 9.76. The van der Waals surface area contributed by atoms with Crippen LogP contribution in [0.2, 0.25) is 0 Å². The molecule has 1 aromatic heterocycles. The first-order valence-electron chi connectivity index (χ1n) is 7.58. The fraction of sp³-hybridized carbons (Fsp3) is 0.667. The van der Waals surface area contributed by atoms with Crippen LogP contribution in [-0.2, 0) is 6.54 Å². The molecule has 2 atom stereocenters. The second-order valence-corrected chi connectivity index (χ2v) is 6.52. The van der Waals surface area contributed by atoms with Crippen LogP contribution in [0.15, 0.2) is 18.5 Å². The van der Waals surface area contributed by atoms with E-state index in [0.29, 0.717) is 29.9 Å². The van der Waals surface area contributed by atoms with Gasteiger partial charge >= 0.3 is 6.03 Å². The molecule has 1 N–H and O–H groups in total. The van der Waals surface area contributed by atoms with Crippen LogP contribution in [0, 0.1) is 5.41 Å². The van der Waals surface area contributed by atoms with E-state index in [1.54, 1.807) is 18.5 Å². The number of nitrogens with zero attached hydrogens (tertiary/aromatic N) is 3. The van der Waals surface area contributed by atoms with E-state index in [0.717, 1.165) is 0 Å². The quantitative estimate of drug-likeness (QED) is 0.897. The van der Waals surface area contributed by atoms with Crippen LogP contribution in [0.5, 0.6) is 0 Å². The van der Waals surface area contributed by atoms with E-state index in [4.69, 9.17) is 0 Å².